The highest BCUT2D eigenvalue weighted by Gasteiger charge is 2.31. The van der Waals surface area contributed by atoms with E-state index in [0.717, 1.165) is 19.6 Å². The summed E-state index contributed by atoms with van der Waals surface area (Å²) in [5.74, 6) is 0.218. The van der Waals surface area contributed by atoms with Gasteiger partial charge in [-0.3, -0.25) is 9.69 Å². The first-order chi connectivity index (χ1) is 7.31. The Morgan fingerprint density at radius 1 is 1.33 bits per heavy atom. The fourth-order valence-electron chi connectivity index (χ4n) is 2.61. The second-order valence-corrected chi connectivity index (χ2v) is 4.50. The van der Waals surface area contributed by atoms with Crippen LogP contribution in [-0.2, 0) is 4.79 Å². The summed E-state index contributed by atoms with van der Waals surface area (Å²) < 4.78 is 0. The third kappa shape index (κ3) is 2.49. The molecule has 4 heteroatoms. The summed E-state index contributed by atoms with van der Waals surface area (Å²) in [5.41, 5.74) is 0. The fourth-order valence-corrected chi connectivity index (χ4v) is 2.61. The Bertz CT molecular complexity index is 233. The van der Waals surface area contributed by atoms with Crippen LogP contribution in [0.2, 0.25) is 0 Å². The number of hydrogen-bond donors (Lipinski definition) is 1. The van der Waals surface area contributed by atoms with Gasteiger partial charge in [-0.15, -0.1) is 0 Å². The molecule has 2 heterocycles. The largest absolute Gasteiger partial charge is 0.396 e. The van der Waals surface area contributed by atoms with Crippen molar-refractivity contribution in [1.29, 1.82) is 0 Å². The number of hydrogen-bond acceptors (Lipinski definition) is 3. The van der Waals surface area contributed by atoms with Crippen molar-refractivity contribution in [2.24, 2.45) is 0 Å². The van der Waals surface area contributed by atoms with Gasteiger partial charge in [0.1, 0.15) is 0 Å². The minimum atomic E-state index is 0.120. The number of piperazine rings is 1. The lowest BCUT2D eigenvalue weighted by atomic mass is 10.1. The summed E-state index contributed by atoms with van der Waals surface area (Å²) in [7, 11) is 0. The molecule has 1 unspecified atom stereocenters. The minimum absolute atomic E-state index is 0.120. The number of amides is 1. The van der Waals surface area contributed by atoms with Crippen LogP contribution in [-0.4, -0.2) is 59.6 Å². The Labute approximate surface area is 90.9 Å². The Kier molecular flexibility index (Phi) is 3.59. The average Bonchev–Trinajstić information content (AvgIpc) is 2.72. The van der Waals surface area contributed by atoms with Crippen LogP contribution in [0.25, 0.3) is 0 Å². The van der Waals surface area contributed by atoms with Crippen molar-refractivity contribution in [2.75, 3.05) is 32.8 Å². The smallest absolute Gasteiger partial charge is 0.222 e. The third-order valence-electron chi connectivity index (χ3n) is 3.49. The molecule has 0 radical (unpaired) electrons. The molecule has 0 aliphatic carbocycles. The summed E-state index contributed by atoms with van der Waals surface area (Å²) in [5, 5.41) is 8.68. The van der Waals surface area contributed by atoms with Gasteiger partial charge in [0.25, 0.3) is 0 Å². The first kappa shape index (κ1) is 10.9. The van der Waals surface area contributed by atoms with Crippen LogP contribution < -0.4 is 0 Å². The zero-order chi connectivity index (χ0) is 10.7. The van der Waals surface area contributed by atoms with E-state index in [-0.39, 0.29) is 12.5 Å². The van der Waals surface area contributed by atoms with Gasteiger partial charge in [-0.1, -0.05) is 0 Å². The van der Waals surface area contributed by atoms with Crippen molar-refractivity contribution in [3.8, 4) is 0 Å². The molecule has 0 aromatic carbocycles. The van der Waals surface area contributed by atoms with Crippen molar-refractivity contribution in [1.82, 2.24) is 9.80 Å². The topological polar surface area (TPSA) is 43.8 Å². The van der Waals surface area contributed by atoms with E-state index in [1.807, 2.05) is 4.90 Å². The van der Waals surface area contributed by atoms with E-state index in [1.54, 1.807) is 0 Å². The Balaban J connectivity index is 1.81. The molecule has 1 atom stereocenters. The maximum Gasteiger partial charge on any atom is 0.222 e. The van der Waals surface area contributed by atoms with E-state index in [1.165, 1.54) is 19.4 Å². The first-order valence-corrected chi connectivity index (χ1v) is 5.94. The van der Waals surface area contributed by atoms with E-state index in [4.69, 9.17) is 5.11 Å². The number of nitrogens with zero attached hydrogens (tertiary/aromatic N) is 2. The van der Waals surface area contributed by atoms with Crippen molar-refractivity contribution in [3.05, 3.63) is 0 Å². The summed E-state index contributed by atoms with van der Waals surface area (Å²) in [6.45, 7) is 4.15. The molecule has 0 aromatic rings. The zero-order valence-electron chi connectivity index (χ0n) is 9.19. The Morgan fingerprint density at radius 3 is 3.00 bits per heavy atom. The van der Waals surface area contributed by atoms with Gasteiger partial charge in [0.2, 0.25) is 5.91 Å². The van der Waals surface area contributed by atoms with E-state index >= 15 is 0 Å². The van der Waals surface area contributed by atoms with Crippen LogP contribution in [0, 0.1) is 0 Å². The molecule has 1 N–H and O–H groups in total. The molecular weight excluding hydrogens is 192 g/mol. The van der Waals surface area contributed by atoms with Crippen molar-refractivity contribution in [3.63, 3.8) is 0 Å². The zero-order valence-corrected chi connectivity index (χ0v) is 9.19. The highest BCUT2D eigenvalue weighted by atomic mass is 16.3. The molecule has 1 amide bonds. The summed E-state index contributed by atoms with van der Waals surface area (Å²) in [6, 6.07) is 0.608. The van der Waals surface area contributed by atoms with Crippen molar-refractivity contribution >= 4 is 5.91 Å². The van der Waals surface area contributed by atoms with Gasteiger partial charge in [0.05, 0.1) is 0 Å². The van der Waals surface area contributed by atoms with E-state index in [2.05, 4.69) is 4.90 Å². The second kappa shape index (κ2) is 4.94. The number of carbonyl (C=O) groups is 1. The molecule has 2 rings (SSSR count). The number of carbonyl (C=O) groups excluding carboxylic acids is 1. The standard InChI is InChI=1S/C11H20N2O2/c14-8-2-4-11(15)13-7-6-12-5-1-3-10(12)9-13/h10,14H,1-9H2. The van der Waals surface area contributed by atoms with Crippen molar-refractivity contribution < 1.29 is 9.90 Å². The summed E-state index contributed by atoms with van der Waals surface area (Å²) >= 11 is 0. The van der Waals surface area contributed by atoms with E-state index in [9.17, 15) is 4.79 Å². The van der Waals surface area contributed by atoms with Crippen LogP contribution in [0.4, 0.5) is 0 Å². The predicted octanol–water partition coefficient (Wildman–Crippen LogP) is 0.0655. The number of rotatable bonds is 3. The summed E-state index contributed by atoms with van der Waals surface area (Å²) in [4.78, 5) is 16.2. The Morgan fingerprint density at radius 2 is 2.20 bits per heavy atom. The van der Waals surface area contributed by atoms with Crippen LogP contribution >= 0.6 is 0 Å². The molecule has 2 fully saturated rings. The minimum Gasteiger partial charge on any atom is -0.396 e. The molecule has 0 bridgehead atoms. The molecule has 0 saturated carbocycles. The van der Waals surface area contributed by atoms with Gasteiger partial charge < -0.3 is 10.0 Å². The molecule has 4 nitrogen and oxygen atoms in total. The van der Waals surface area contributed by atoms with Gasteiger partial charge in [-0.2, -0.15) is 0 Å². The van der Waals surface area contributed by atoms with Crippen LogP contribution in [0.1, 0.15) is 25.7 Å². The maximum atomic E-state index is 11.7. The lowest BCUT2D eigenvalue weighted by Crippen LogP contribution is -2.52. The normalized spacial score (nSPS) is 26.7. The molecule has 2 aliphatic rings. The lowest BCUT2D eigenvalue weighted by Gasteiger charge is -2.37. The fraction of sp³-hybridized carbons (Fsp3) is 0.909. The van der Waals surface area contributed by atoms with E-state index < -0.39 is 0 Å². The predicted molar refractivity (Wildman–Crippen MR) is 57.5 cm³/mol. The Hall–Kier alpha value is -0.610. The SMILES string of the molecule is O=C(CCCO)N1CCN2CCCC2C1. The van der Waals surface area contributed by atoms with Crippen LogP contribution in [0.3, 0.4) is 0 Å². The quantitative estimate of drug-likeness (QED) is 0.720. The highest BCUT2D eigenvalue weighted by molar-refractivity contribution is 5.76. The van der Waals surface area contributed by atoms with Gasteiger partial charge in [-0.25, -0.2) is 0 Å². The molecular formula is C11H20N2O2. The number of aliphatic hydroxyl groups excluding tert-OH is 1. The van der Waals surface area contributed by atoms with Gasteiger partial charge in [-0.05, 0) is 25.8 Å². The lowest BCUT2D eigenvalue weighted by molar-refractivity contribution is -0.134. The molecule has 86 valence electrons. The van der Waals surface area contributed by atoms with Gasteiger partial charge in [0, 0.05) is 38.7 Å². The molecule has 15 heavy (non-hydrogen) atoms. The molecule has 2 saturated heterocycles. The number of aliphatic hydroxyl groups is 1. The van der Waals surface area contributed by atoms with Gasteiger partial charge >= 0.3 is 0 Å². The highest BCUT2D eigenvalue weighted by Crippen LogP contribution is 2.21. The summed E-state index contributed by atoms with van der Waals surface area (Å²) in [6.07, 6.45) is 3.63. The monoisotopic (exact) mass is 212 g/mol. The molecule has 0 aromatic heterocycles. The second-order valence-electron chi connectivity index (χ2n) is 4.50. The maximum absolute atomic E-state index is 11.7. The number of fused-ring (bicyclic) bond motifs is 1. The first-order valence-electron chi connectivity index (χ1n) is 5.94. The molecule has 0 spiro atoms. The third-order valence-corrected chi connectivity index (χ3v) is 3.49. The van der Waals surface area contributed by atoms with Gasteiger partial charge in [0.15, 0.2) is 0 Å². The van der Waals surface area contributed by atoms with Crippen molar-refractivity contribution in [2.45, 2.75) is 31.7 Å². The average molecular weight is 212 g/mol. The van der Waals surface area contributed by atoms with E-state index in [0.29, 0.717) is 18.9 Å². The van der Waals surface area contributed by atoms with Crippen LogP contribution in [0.5, 0.6) is 0 Å². The van der Waals surface area contributed by atoms with Crippen LogP contribution in [0.15, 0.2) is 0 Å². The molecule has 2 aliphatic heterocycles.